The van der Waals surface area contributed by atoms with Gasteiger partial charge in [-0.05, 0) is 30.7 Å². The second-order valence-corrected chi connectivity index (χ2v) is 6.01. The Hall–Kier alpha value is -2.77. The molecule has 2 fully saturated rings. The quantitative estimate of drug-likeness (QED) is 0.277. The SMILES string of the molecule is O=C1[C@H]2[C@H](C(=O)N1/N=C\c1ccc([N+](=O)[O-])o1)[C@H]1C=C[C@H]2CC1. The molecule has 2 bridgehead atoms. The highest BCUT2D eigenvalue weighted by Gasteiger charge is 2.56. The van der Waals surface area contributed by atoms with Gasteiger partial charge in [0.15, 0.2) is 5.76 Å². The van der Waals surface area contributed by atoms with Crippen LogP contribution in [-0.4, -0.2) is 28.0 Å². The lowest BCUT2D eigenvalue weighted by atomic mass is 9.63. The summed E-state index contributed by atoms with van der Waals surface area (Å²) in [5, 5.41) is 15.4. The van der Waals surface area contributed by atoms with Crippen molar-refractivity contribution in [2.75, 3.05) is 0 Å². The van der Waals surface area contributed by atoms with Crippen molar-refractivity contribution in [1.29, 1.82) is 0 Å². The summed E-state index contributed by atoms with van der Waals surface area (Å²) in [4.78, 5) is 34.9. The van der Waals surface area contributed by atoms with Gasteiger partial charge in [0.1, 0.15) is 4.92 Å². The number of furan rings is 1. The number of nitro groups is 1. The van der Waals surface area contributed by atoms with Gasteiger partial charge in [0.25, 0.3) is 11.8 Å². The molecular weight excluding hydrogens is 302 g/mol. The van der Waals surface area contributed by atoms with Crippen LogP contribution in [0.5, 0.6) is 0 Å². The average Bonchev–Trinajstić information content (AvgIpc) is 3.13. The van der Waals surface area contributed by atoms with Crippen molar-refractivity contribution >= 4 is 23.9 Å². The molecule has 0 N–H and O–H groups in total. The smallest absolute Gasteiger partial charge is 0.400 e. The summed E-state index contributed by atoms with van der Waals surface area (Å²) < 4.78 is 4.94. The Morgan fingerprint density at radius 3 is 2.26 bits per heavy atom. The Kier molecular flexibility index (Phi) is 2.93. The molecule has 0 unspecified atom stereocenters. The van der Waals surface area contributed by atoms with E-state index in [4.69, 9.17) is 4.42 Å². The largest absolute Gasteiger partial charge is 0.433 e. The number of imide groups is 1. The molecule has 5 rings (SSSR count). The predicted octanol–water partition coefficient (Wildman–Crippen LogP) is 1.72. The minimum atomic E-state index is -0.665. The summed E-state index contributed by atoms with van der Waals surface area (Å²) in [7, 11) is 0. The van der Waals surface area contributed by atoms with Crippen molar-refractivity contribution < 1.29 is 18.9 Å². The van der Waals surface area contributed by atoms with E-state index >= 15 is 0 Å². The Labute approximate surface area is 130 Å². The van der Waals surface area contributed by atoms with Crippen molar-refractivity contribution in [2.24, 2.45) is 28.8 Å². The van der Waals surface area contributed by atoms with E-state index < -0.39 is 10.8 Å². The number of hydrazone groups is 1. The van der Waals surface area contributed by atoms with Crippen LogP contribution in [0.3, 0.4) is 0 Å². The van der Waals surface area contributed by atoms with E-state index in [-0.39, 0.29) is 41.2 Å². The van der Waals surface area contributed by atoms with E-state index in [9.17, 15) is 19.7 Å². The molecule has 1 aromatic heterocycles. The van der Waals surface area contributed by atoms with Gasteiger partial charge in [-0.25, -0.2) is 0 Å². The molecule has 23 heavy (non-hydrogen) atoms. The second kappa shape index (κ2) is 4.87. The van der Waals surface area contributed by atoms with Crippen LogP contribution < -0.4 is 0 Å². The molecule has 1 aromatic rings. The molecule has 1 saturated heterocycles. The molecule has 4 atom stereocenters. The normalized spacial score (nSPS) is 32.1. The first-order chi connectivity index (χ1) is 11.1. The Bertz CT molecular complexity index is 733. The number of amides is 2. The van der Waals surface area contributed by atoms with Crippen molar-refractivity contribution in [2.45, 2.75) is 12.8 Å². The summed E-state index contributed by atoms with van der Waals surface area (Å²) in [6.07, 6.45) is 7.06. The highest BCUT2D eigenvalue weighted by atomic mass is 16.6. The zero-order chi connectivity index (χ0) is 16.1. The van der Waals surface area contributed by atoms with Crippen LogP contribution in [0.1, 0.15) is 18.6 Å². The molecule has 2 heterocycles. The maximum absolute atomic E-state index is 12.5. The fourth-order valence-electron chi connectivity index (χ4n) is 3.80. The number of carbonyl (C=O) groups excluding carboxylic acids is 2. The van der Waals surface area contributed by atoms with Crippen LogP contribution in [0.2, 0.25) is 0 Å². The Morgan fingerprint density at radius 1 is 1.17 bits per heavy atom. The molecule has 8 heteroatoms. The van der Waals surface area contributed by atoms with Crippen LogP contribution in [0.15, 0.2) is 33.8 Å². The zero-order valence-electron chi connectivity index (χ0n) is 12.0. The minimum Gasteiger partial charge on any atom is -0.400 e. The van der Waals surface area contributed by atoms with E-state index in [2.05, 4.69) is 5.10 Å². The fourth-order valence-corrected chi connectivity index (χ4v) is 3.80. The molecule has 8 nitrogen and oxygen atoms in total. The number of nitrogens with zero attached hydrogens (tertiary/aromatic N) is 3. The number of allylic oxidation sites excluding steroid dienone is 2. The van der Waals surface area contributed by atoms with Crippen LogP contribution >= 0.6 is 0 Å². The van der Waals surface area contributed by atoms with Gasteiger partial charge in [-0.3, -0.25) is 19.7 Å². The van der Waals surface area contributed by atoms with Crippen LogP contribution in [0.4, 0.5) is 5.88 Å². The van der Waals surface area contributed by atoms with Gasteiger partial charge < -0.3 is 4.42 Å². The van der Waals surface area contributed by atoms with Crippen molar-refractivity contribution in [3.05, 3.63) is 40.2 Å². The summed E-state index contributed by atoms with van der Waals surface area (Å²) in [5.41, 5.74) is 0. The highest BCUT2D eigenvalue weighted by molar-refractivity contribution is 6.06. The third-order valence-corrected chi connectivity index (χ3v) is 4.83. The molecule has 4 aliphatic rings. The topological polar surface area (TPSA) is 106 Å². The van der Waals surface area contributed by atoms with E-state index in [1.807, 2.05) is 12.2 Å². The van der Waals surface area contributed by atoms with E-state index in [0.29, 0.717) is 0 Å². The standard InChI is InChI=1S/C15H13N3O5/c19-14-12-8-1-2-9(4-3-8)13(12)15(20)17(14)16-7-10-5-6-11(23-10)18(21)22/h1-2,5-9,12-13H,3-4H2/b16-7-/t8-,9-,12+,13+/m0/s1. The molecule has 0 radical (unpaired) electrons. The average molecular weight is 315 g/mol. The summed E-state index contributed by atoms with van der Waals surface area (Å²) in [5.74, 6) is -1.33. The van der Waals surface area contributed by atoms with Gasteiger partial charge in [-0.1, -0.05) is 12.2 Å². The molecule has 0 aromatic carbocycles. The number of rotatable bonds is 3. The highest BCUT2D eigenvalue weighted by Crippen LogP contribution is 2.49. The van der Waals surface area contributed by atoms with Crippen LogP contribution in [0.25, 0.3) is 0 Å². The fraction of sp³-hybridized carbons (Fsp3) is 0.400. The van der Waals surface area contributed by atoms with Gasteiger partial charge in [0, 0.05) is 0 Å². The Morgan fingerprint density at radius 2 is 1.78 bits per heavy atom. The molecule has 0 spiro atoms. The maximum Gasteiger partial charge on any atom is 0.433 e. The van der Waals surface area contributed by atoms with Crippen molar-refractivity contribution in [1.82, 2.24) is 5.01 Å². The lowest BCUT2D eigenvalue weighted by molar-refractivity contribution is -0.402. The summed E-state index contributed by atoms with van der Waals surface area (Å²) >= 11 is 0. The van der Waals surface area contributed by atoms with Gasteiger partial charge in [0.2, 0.25) is 0 Å². The lowest BCUT2D eigenvalue weighted by Gasteiger charge is -2.37. The van der Waals surface area contributed by atoms with Gasteiger partial charge in [0.05, 0.1) is 24.1 Å². The second-order valence-electron chi connectivity index (χ2n) is 6.01. The number of carbonyl (C=O) groups is 2. The van der Waals surface area contributed by atoms with Crippen LogP contribution in [-0.2, 0) is 9.59 Å². The summed E-state index contributed by atoms with van der Waals surface area (Å²) in [6, 6.07) is 2.56. The predicted molar refractivity (Wildman–Crippen MR) is 77.1 cm³/mol. The first-order valence-corrected chi connectivity index (χ1v) is 7.40. The molecule has 1 saturated carbocycles. The Balaban J connectivity index is 1.58. The van der Waals surface area contributed by atoms with E-state index in [1.54, 1.807) is 0 Å². The summed E-state index contributed by atoms with van der Waals surface area (Å²) in [6.45, 7) is 0. The maximum atomic E-state index is 12.5. The third-order valence-electron chi connectivity index (χ3n) is 4.83. The zero-order valence-corrected chi connectivity index (χ0v) is 12.0. The molecular formula is C15H13N3O5. The number of fused-ring (bicyclic) bond motifs is 1. The lowest BCUT2D eigenvalue weighted by Crippen LogP contribution is -2.38. The molecule has 3 aliphatic carbocycles. The molecule has 118 valence electrons. The monoisotopic (exact) mass is 315 g/mol. The van der Waals surface area contributed by atoms with Crippen molar-refractivity contribution in [3.63, 3.8) is 0 Å². The first kappa shape index (κ1) is 13.9. The van der Waals surface area contributed by atoms with Crippen molar-refractivity contribution in [3.8, 4) is 0 Å². The van der Waals surface area contributed by atoms with Gasteiger partial charge in [-0.15, -0.1) is 0 Å². The minimum absolute atomic E-state index is 0.103. The number of hydrogen-bond donors (Lipinski definition) is 0. The van der Waals surface area contributed by atoms with E-state index in [0.717, 1.165) is 24.1 Å². The van der Waals surface area contributed by atoms with E-state index in [1.165, 1.54) is 12.1 Å². The third kappa shape index (κ3) is 2.01. The number of hydrogen-bond acceptors (Lipinski definition) is 6. The van der Waals surface area contributed by atoms with Crippen LogP contribution in [0, 0.1) is 33.8 Å². The van der Waals surface area contributed by atoms with Gasteiger partial charge in [-0.2, -0.15) is 10.1 Å². The van der Waals surface area contributed by atoms with Gasteiger partial charge >= 0.3 is 5.88 Å². The first-order valence-electron chi connectivity index (χ1n) is 7.40. The molecule has 2 amide bonds. The molecule has 1 aliphatic heterocycles.